The van der Waals surface area contributed by atoms with E-state index >= 15 is 0 Å². The van der Waals surface area contributed by atoms with Crippen LogP contribution >= 0.6 is 24.0 Å². The van der Waals surface area contributed by atoms with Crippen LogP contribution in [-0.4, -0.2) is 23.1 Å². The maximum atomic E-state index is 12.6. The lowest BCUT2D eigenvalue weighted by Gasteiger charge is -2.07. The van der Waals surface area contributed by atoms with E-state index in [0.29, 0.717) is 11.6 Å². The Morgan fingerprint density at radius 1 is 1.14 bits per heavy atom. The van der Waals surface area contributed by atoms with Crippen molar-refractivity contribution in [3.63, 3.8) is 0 Å². The average molecular weight is 408 g/mol. The highest BCUT2D eigenvalue weighted by atomic mass is 32.1. The van der Waals surface area contributed by atoms with Gasteiger partial charge in [-0.2, -0.15) is 5.10 Å². The highest BCUT2D eigenvalue weighted by Crippen LogP contribution is 2.26. The number of allylic oxidation sites excluding steroid dienone is 1. The fourth-order valence-corrected chi connectivity index (χ4v) is 4.22. The third kappa shape index (κ3) is 3.58. The second kappa shape index (κ2) is 8.00. The third-order valence-corrected chi connectivity index (χ3v) is 5.66. The van der Waals surface area contributed by atoms with Gasteiger partial charge in [-0.05, 0) is 37.3 Å². The maximum Gasteiger partial charge on any atom is 0.313 e. The molecule has 0 aliphatic carbocycles. The summed E-state index contributed by atoms with van der Waals surface area (Å²) in [4.78, 5) is 13.3. The lowest BCUT2D eigenvalue weighted by Crippen LogP contribution is -2.10. The predicted octanol–water partition coefficient (Wildman–Crippen LogP) is 4.46. The van der Waals surface area contributed by atoms with E-state index in [1.807, 2.05) is 67.6 Å². The molecular formula is C21H17N3O2S2. The number of aromatic nitrogens is 1. The fourth-order valence-electron chi connectivity index (χ4n) is 2.90. The van der Waals surface area contributed by atoms with Crippen molar-refractivity contribution in [3.05, 3.63) is 80.3 Å². The molecule has 140 valence electrons. The summed E-state index contributed by atoms with van der Waals surface area (Å²) < 4.78 is 7.05. The standard InChI is InChI=1S/C21H17N3O2S2/c1-2-26-17-10-8-16(9-11-17)24-20(27)18(28-21(24)25)12-15-13-22-23-19(15)14-6-4-3-5-7-14/h3-13,27H,2H2,1H3. The molecule has 2 heterocycles. The summed E-state index contributed by atoms with van der Waals surface area (Å²) in [5, 5.41) is 8.85. The minimum absolute atomic E-state index is 0.103. The van der Waals surface area contributed by atoms with Gasteiger partial charge in [0.15, 0.2) is 0 Å². The molecule has 0 atom stereocenters. The molecule has 0 fully saturated rings. The Morgan fingerprint density at radius 3 is 2.61 bits per heavy atom. The van der Waals surface area contributed by atoms with Crippen molar-refractivity contribution < 1.29 is 4.74 Å². The lowest BCUT2D eigenvalue weighted by atomic mass is 10.0. The Kier molecular flexibility index (Phi) is 5.27. The van der Waals surface area contributed by atoms with Crippen molar-refractivity contribution in [1.29, 1.82) is 0 Å². The summed E-state index contributed by atoms with van der Waals surface area (Å²) in [6.07, 6.45) is 3.60. The summed E-state index contributed by atoms with van der Waals surface area (Å²) in [7, 11) is 0. The molecule has 0 N–H and O–H groups in total. The quantitative estimate of drug-likeness (QED) is 0.635. The van der Waals surface area contributed by atoms with Crippen LogP contribution in [0.1, 0.15) is 17.4 Å². The first kappa shape index (κ1) is 18.5. The maximum absolute atomic E-state index is 12.6. The normalized spacial score (nSPS) is 14.5. The third-order valence-electron chi connectivity index (χ3n) is 4.18. The van der Waals surface area contributed by atoms with Crippen LogP contribution in [0.5, 0.6) is 5.75 Å². The molecule has 1 aromatic heterocycles. The highest BCUT2D eigenvalue weighted by molar-refractivity contribution is 7.80. The summed E-state index contributed by atoms with van der Waals surface area (Å²) in [6.45, 7) is 2.53. The molecule has 0 saturated heterocycles. The molecule has 7 heteroatoms. The van der Waals surface area contributed by atoms with Crippen LogP contribution in [0.2, 0.25) is 0 Å². The van der Waals surface area contributed by atoms with Crippen molar-refractivity contribution in [2.75, 3.05) is 6.61 Å². The summed E-state index contributed by atoms with van der Waals surface area (Å²) in [6, 6.07) is 17.2. The molecule has 0 spiro atoms. The van der Waals surface area contributed by atoms with Crippen LogP contribution in [0.4, 0.5) is 0 Å². The fraction of sp³-hybridized carbons (Fsp3) is 0.0952. The first-order valence-corrected chi connectivity index (χ1v) is 10.0. The summed E-state index contributed by atoms with van der Waals surface area (Å²) in [5.41, 5.74) is 3.35. The molecule has 0 amide bonds. The first-order chi connectivity index (χ1) is 13.7. The van der Waals surface area contributed by atoms with Crippen molar-refractivity contribution in [2.24, 2.45) is 10.2 Å². The van der Waals surface area contributed by atoms with Crippen LogP contribution in [0.15, 0.2) is 80.2 Å². The molecule has 0 bridgehead atoms. The van der Waals surface area contributed by atoms with Gasteiger partial charge in [-0.1, -0.05) is 41.7 Å². The zero-order valence-corrected chi connectivity index (χ0v) is 16.8. The zero-order valence-electron chi connectivity index (χ0n) is 15.1. The molecule has 3 aromatic rings. The Hall–Kier alpha value is -2.90. The topological polar surface area (TPSA) is 55.9 Å². The van der Waals surface area contributed by atoms with Gasteiger partial charge in [-0.25, -0.2) is 0 Å². The van der Waals surface area contributed by atoms with Gasteiger partial charge in [0.05, 0.1) is 28.4 Å². The van der Waals surface area contributed by atoms with E-state index in [2.05, 4.69) is 22.8 Å². The molecule has 1 aliphatic heterocycles. The Balaban J connectivity index is 1.70. The SMILES string of the molecule is CCOc1ccc(-n2c(S)c(C=C3C=NN=C3c3ccccc3)sc2=O)cc1. The molecule has 5 nitrogen and oxygen atoms in total. The minimum atomic E-state index is -0.103. The van der Waals surface area contributed by atoms with Gasteiger partial charge in [0.25, 0.3) is 0 Å². The molecule has 0 unspecified atom stereocenters. The van der Waals surface area contributed by atoms with Gasteiger partial charge in [0, 0.05) is 11.1 Å². The highest BCUT2D eigenvalue weighted by Gasteiger charge is 2.17. The van der Waals surface area contributed by atoms with Crippen LogP contribution in [0.25, 0.3) is 11.8 Å². The van der Waals surface area contributed by atoms with Gasteiger partial charge < -0.3 is 4.74 Å². The number of benzene rings is 2. The first-order valence-electron chi connectivity index (χ1n) is 8.74. The number of ether oxygens (including phenoxy) is 1. The van der Waals surface area contributed by atoms with Gasteiger partial charge >= 0.3 is 4.87 Å². The Labute approximate surface area is 171 Å². The van der Waals surface area contributed by atoms with E-state index < -0.39 is 0 Å². The van der Waals surface area contributed by atoms with Crippen LogP contribution in [0, 0.1) is 0 Å². The number of nitrogens with zero attached hydrogens (tertiary/aromatic N) is 3. The molecule has 1 aliphatic rings. The number of hydrogen-bond donors (Lipinski definition) is 1. The van der Waals surface area contributed by atoms with E-state index in [1.165, 1.54) is 0 Å². The van der Waals surface area contributed by atoms with Crippen molar-refractivity contribution in [2.45, 2.75) is 11.9 Å². The van der Waals surface area contributed by atoms with E-state index in [9.17, 15) is 4.79 Å². The molecule has 0 radical (unpaired) electrons. The van der Waals surface area contributed by atoms with E-state index in [4.69, 9.17) is 4.74 Å². The van der Waals surface area contributed by atoms with Gasteiger partial charge in [0.1, 0.15) is 11.5 Å². The zero-order chi connectivity index (χ0) is 19.5. The van der Waals surface area contributed by atoms with E-state index in [-0.39, 0.29) is 4.87 Å². The second-order valence-corrected chi connectivity index (χ2v) is 7.39. The van der Waals surface area contributed by atoms with E-state index in [1.54, 1.807) is 10.8 Å². The molecule has 28 heavy (non-hydrogen) atoms. The van der Waals surface area contributed by atoms with Crippen molar-refractivity contribution in [1.82, 2.24) is 4.57 Å². The van der Waals surface area contributed by atoms with Gasteiger partial charge in [-0.3, -0.25) is 9.36 Å². The second-order valence-electron chi connectivity index (χ2n) is 5.98. The smallest absolute Gasteiger partial charge is 0.313 e. The number of thiol groups is 1. The molecular weight excluding hydrogens is 390 g/mol. The van der Waals surface area contributed by atoms with Gasteiger partial charge in [0.2, 0.25) is 0 Å². The minimum Gasteiger partial charge on any atom is -0.494 e. The van der Waals surface area contributed by atoms with Crippen molar-refractivity contribution in [3.8, 4) is 11.4 Å². The number of thiazole rings is 1. The summed E-state index contributed by atoms with van der Waals surface area (Å²) >= 11 is 5.75. The average Bonchev–Trinajstić information content (AvgIpc) is 3.28. The lowest BCUT2D eigenvalue weighted by molar-refractivity contribution is 0.340. The monoisotopic (exact) mass is 407 g/mol. The predicted molar refractivity (Wildman–Crippen MR) is 118 cm³/mol. The number of hydrogen-bond acceptors (Lipinski definition) is 6. The molecule has 0 saturated carbocycles. The van der Waals surface area contributed by atoms with E-state index in [0.717, 1.165) is 44.5 Å². The van der Waals surface area contributed by atoms with Crippen LogP contribution in [0.3, 0.4) is 0 Å². The summed E-state index contributed by atoms with van der Waals surface area (Å²) in [5.74, 6) is 0.767. The van der Waals surface area contributed by atoms with Crippen LogP contribution < -0.4 is 9.61 Å². The molecule has 4 rings (SSSR count). The molecule has 2 aromatic carbocycles. The van der Waals surface area contributed by atoms with Crippen molar-refractivity contribution >= 4 is 42.0 Å². The van der Waals surface area contributed by atoms with Crippen LogP contribution in [-0.2, 0) is 0 Å². The Morgan fingerprint density at radius 2 is 1.89 bits per heavy atom. The van der Waals surface area contributed by atoms with Gasteiger partial charge in [-0.15, -0.1) is 17.7 Å². The largest absolute Gasteiger partial charge is 0.494 e. The Bertz CT molecular complexity index is 1140. The number of rotatable bonds is 5.